The molecule has 0 fully saturated rings. The maximum absolute atomic E-state index is 0. The van der Waals surface area contributed by atoms with Gasteiger partial charge in [-0.05, 0) is 0 Å². The van der Waals surface area contributed by atoms with Crippen LogP contribution in [0.25, 0.3) is 0 Å². The van der Waals surface area contributed by atoms with E-state index in [4.69, 9.17) is 0 Å². The van der Waals surface area contributed by atoms with Crippen molar-refractivity contribution in [2.75, 3.05) is 0 Å². The van der Waals surface area contributed by atoms with Crippen molar-refractivity contribution < 1.29 is 80.8 Å². The molecule has 0 amide bonds. The normalized spacial score (nSPS) is 0. The van der Waals surface area contributed by atoms with Gasteiger partial charge in [-0.25, -0.2) is 0 Å². The number of rotatable bonds is 0. The van der Waals surface area contributed by atoms with Crippen LogP contribution in [-0.4, -0.2) is 94.4 Å². The van der Waals surface area contributed by atoms with Gasteiger partial charge in [0, 0.05) is 75.1 Å². The molecule has 0 N–H and O–H groups in total. The minimum absolute atomic E-state index is 0. The zero-order chi connectivity index (χ0) is 0. The van der Waals surface area contributed by atoms with Crippen LogP contribution in [-0.2, 0) is 33.8 Å². The third-order valence-electron chi connectivity index (χ3n) is 0. The van der Waals surface area contributed by atoms with Crippen LogP contribution in [0.5, 0.6) is 0 Å². The Labute approximate surface area is 170 Å². The Morgan fingerprint density at radius 2 is 1.20 bits per heavy atom. The SMILES string of the molecule is [Ba+2].[Co].[Fe].[H-].[H-].[H-].[H-].[Pr].[Sr+2]. The van der Waals surface area contributed by atoms with Gasteiger partial charge in [0.15, 0.2) is 0 Å². The molecule has 0 aromatic rings. The summed E-state index contributed by atoms with van der Waals surface area (Å²) in [5.74, 6) is 0. The van der Waals surface area contributed by atoms with Crippen LogP contribution in [0.15, 0.2) is 0 Å². The molecule has 0 spiro atoms. The van der Waals surface area contributed by atoms with E-state index in [2.05, 4.69) is 0 Å². The molecule has 0 aliphatic heterocycles. The molecule has 5 heavy (non-hydrogen) atoms. The first kappa shape index (κ1) is 31.4. The summed E-state index contributed by atoms with van der Waals surface area (Å²) in [6.45, 7) is 0. The quantitative estimate of drug-likeness (QED) is 0.414. The standard InChI is InChI=1S/Ba.Co.Fe.Pr.Sr.4H/q+2;;;;+2;4*-1. The smallest absolute Gasteiger partial charge is 1.00 e. The number of hydrogen-bond acceptors (Lipinski definition) is 0. The second-order valence-electron chi connectivity index (χ2n) is 0. The first-order chi connectivity index (χ1) is 0. The zero-order valence-corrected chi connectivity index (χ0v) is 16.4. The molecule has 0 saturated carbocycles. The van der Waals surface area contributed by atoms with Gasteiger partial charge in [0.2, 0.25) is 0 Å². The van der Waals surface area contributed by atoms with E-state index < -0.39 is 0 Å². The molecular formula is H4BaCoFePrSr. The van der Waals surface area contributed by atoms with E-state index in [1.165, 1.54) is 0 Å². The monoisotopic (exact) mass is 486 g/mol. The minimum atomic E-state index is 0. The summed E-state index contributed by atoms with van der Waals surface area (Å²) in [6, 6.07) is 0. The van der Waals surface area contributed by atoms with Crippen LogP contribution in [0.4, 0.5) is 0 Å². The van der Waals surface area contributed by atoms with Crippen molar-refractivity contribution in [2.24, 2.45) is 0 Å². The van der Waals surface area contributed by atoms with Crippen molar-refractivity contribution in [1.29, 1.82) is 0 Å². The van der Waals surface area contributed by atoms with Crippen molar-refractivity contribution in [3.05, 3.63) is 0 Å². The Kier molecular flexibility index (Phi) is 143. The molecule has 0 nitrogen and oxygen atoms in total. The van der Waals surface area contributed by atoms with E-state index in [0.29, 0.717) is 0 Å². The maximum Gasteiger partial charge on any atom is 2.00 e. The van der Waals surface area contributed by atoms with Gasteiger partial charge in [-0.1, -0.05) is 0 Å². The van der Waals surface area contributed by atoms with Gasteiger partial charge in [-0.3, -0.25) is 0 Å². The Bertz CT molecular complexity index is 20.5. The Morgan fingerprint density at radius 1 is 1.20 bits per heavy atom. The van der Waals surface area contributed by atoms with E-state index in [1.54, 1.807) is 0 Å². The van der Waals surface area contributed by atoms with E-state index >= 15 is 0 Å². The maximum atomic E-state index is 0. The van der Waals surface area contributed by atoms with Gasteiger partial charge in [0.25, 0.3) is 0 Å². The summed E-state index contributed by atoms with van der Waals surface area (Å²) in [6.07, 6.45) is 0. The fourth-order valence-electron chi connectivity index (χ4n) is 0. The molecule has 0 atom stereocenters. The van der Waals surface area contributed by atoms with Gasteiger partial charge in [0.05, 0.1) is 0 Å². The van der Waals surface area contributed by atoms with E-state index in [0.717, 1.165) is 0 Å². The fraction of sp³-hybridized carbons (Fsp3) is 0. The third kappa shape index (κ3) is 17.7. The van der Waals surface area contributed by atoms with Crippen molar-refractivity contribution in [1.82, 2.24) is 0 Å². The van der Waals surface area contributed by atoms with Crippen molar-refractivity contribution >= 4 is 94.4 Å². The van der Waals surface area contributed by atoms with Crippen LogP contribution in [0.1, 0.15) is 5.71 Å². The van der Waals surface area contributed by atoms with Crippen molar-refractivity contribution in [2.45, 2.75) is 0 Å². The van der Waals surface area contributed by atoms with Gasteiger partial charge >= 0.3 is 94.4 Å². The molecule has 0 bridgehead atoms. The van der Waals surface area contributed by atoms with Crippen LogP contribution < -0.4 is 0 Å². The zero-order valence-electron chi connectivity index (χ0n) is 6.68. The van der Waals surface area contributed by atoms with Crippen molar-refractivity contribution in [3.8, 4) is 0 Å². The summed E-state index contributed by atoms with van der Waals surface area (Å²) in [7, 11) is 0. The van der Waals surface area contributed by atoms with Crippen LogP contribution in [0.2, 0.25) is 0 Å². The topological polar surface area (TPSA) is 0 Å². The molecule has 0 aliphatic carbocycles. The molecule has 0 heterocycles. The summed E-state index contributed by atoms with van der Waals surface area (Å²) in [5, 5.41) is 0. The molecule has 0 unspecified atom stereocenters. The van der Waals surface area contributed by atoms with Gasteiger partial charge in [-0.2, -0.15) is 0 Å². The van der Waals surface area contributed by atoms with Crippen LogP contribution in [0.3, 0.4) is 0 Å². The Balaban J connectivity index is 0. The van der Waals surface area contributed by atoms with Crippen LogP contribution in [0, 0.1) is 41.3 Å². The first-order valence-corrected chi connectivity index (χ1v) is 0. The molecule has 5 heteroatoms. The number of hydrogen-bond donors (Lipinski definition) is 0. The molecule has 0 aromatic carbocycles. The molecule has 0 aliphatic rings. The van der Waals surface area contributed by atoms with Gasteiger partial charge in [-0.15, -0.1) is 0 Å². The molecule has 0 aromatic heterocycles. The van der Waals surface area contributed by atoms with E-state index in [1.807, 2.05) is 0 Å². The predicted molar refractivity (Wildman–Crippen MR) is 16.0 cm³/mol. The average molecular weight is 485 g/mol. The summed E-state index contributed by atoms with van der Waals surface area (Å²) < 4.78 is 0. The molecule has 0 saturated heterocycles. The van der Waals surface area contributed by atoms with Gasteiger partial charge in [0.1, 0.15) is 0 Å². The van der Waals surface area contributed by atoms with Crippen molar-refractivity contribution in [3.63, 3.8) is 0 Å². The fourth-order valence-corrected chi connectivity index (χ4v) is 0. The Morgan fingerprint density at radius 3 is 1.20 bits per heavy atom. The molecule has 28 valence electrons. The Hall–Kier alpha value is 5.44. The first-order valence-electron chi connectivity index (χ1n) is 0. The average Bonchev–Trinajstić information content (AvgIpc) is 0. The summed E-state index contributed by atoms with van der Waals surface area (Å²) in [5.41, 5.74) is 0. The van der Waals surface area contributed by atoms with Gasteiger partial charge < -0.3 is 5.71 Å². The summed E-state index contributed by atoms with van der Waals surface area (Å²) >= 11 is 0. The summed E-state index contributed by atoms with van der Waals surface area (Å²) in [4.78, 5) is 0. The molecular weight excluding hydrogens is 481 g/mol. The predicted octanol–water partition coefficient (Wildman–Crippen LogP) is -0.317. The minimum Gasteiger partial charge on any atom is -1.00 e. The largest absolute Gasteiger partial charge is 2.00 e. The van der Waals surface area contributed by atoms with E-state index in [9.17, 15) is 0 Å². The molecule has 0 rings (SSSR count). The molecule has 2 radical (unpaired) electrons. The second-order valence-corrected chi connectivity index (χ2v) is 0. The second kappa shape index (κ2) is 22.7. The van der Waals surface area contributed by atoms with Crippen LogP contribution >= 0.6 is 0 Å². The third-order valence-corrected chi connectivity index (χ3v) is 0. The van der Waals surface area contributed by atoms with E-state index in [-0.39, 0.29) is 175 Å².